The average Bonchev–Trinajstić information content (AvgIpc) is 2.57. The molecule has 0 unspecified atom stereocenters. The molecule has 0 aromatic heterocycles. The Bertz CT molecular complexity index is 478. The van der Waals surface area contributed by atoms with Gasteiger partial charge in [-0.05, 0) is 30.4 Å². The first kappa shape index (κ1) is 18.7. The lowest BCUT2D eigenvalue weighted by atomic mass is 10.0. The van der Waals surface area contributed by atoms with Gasteiger partial charge in [-0.2, -0.15) is 0 Å². The Kier molecular flexibility index (Phi) is 8.86. The van der Waals surface area contributed by atoms with Crippen molar-refractivity contribution in [3.05, 3.63) is 41.5 Å². The van der Waals surface area contributed by atoms with E-state index in [9.17, 15) is 4.79 Å². The molecule has 0 saturated carbocycles. The van der Waals surface area contributed by atoms with Crippen LogP contribution >= 0.6 is 11.6 Å². The summed E-state index contributed by atoms with van der Waals surface area (Å²) in [5, 5.41) is 0. The molecule has 0 atom stereocenters. The van der Waals surface area contributed by atoms with E-state index in [4.69, 9.17) is 16.3 Å². The molecule has 0 aliphatic carbocycles. The number of carbonyl (C=O) groups is 1. The van der Waals surface area contributed by atoms with Gasteiger partial charge in [-0.15, -0.1) is 11.6 Å². The molecule has 0 radical (unpaired) electrons. The Morgan fingerprint density at radius 1 is 1.18 bits per heavy atom. The maximum atomic E-state index is 12.3. The lowest BCUT2D eigenvalue weighted by Crippen LogP contribution is -2.35. The Morgan fingerprint density at radius 3 is 2.32 bits per heavy atom. The van der Waals surface area contributed by atoms with Gasteiger partial charge in [0.2, 0.25) is 5.91 Å². The molecule has 1 aromatic carbocycles. The van der Waals surface area contributed by atoms with Crippen molar-refractivity contribution in [1.29, 1.82) is 0 Å². The lowest BCUT2D eigenvalue weighted by Gasteiger charge is -2.26. The highest BCUT2D eigenvalue weighted by atomic mass is 35.5. The van der Waals surface area contributed by atoms with Crippen molar-refractivity contribution in [2.24, 2.45) is 0 Å². The number of rotatable bonds is 9. The number of amides is 1. The number of hydrogen-bond donors (Lipinski definition) is 0. The van der Waals surface area contributed by atoms with Gasteiger partial charge < -0.3 is 4.74 Å². The number of allylic oxidation sites excluding steroid dienone is 1. The molecule has 4 heteroatoms. The summed E-state index contributed by atoms with van der Waals surface area (Å²) >= 11 is 5.79. The second-order valence-corrected chi connectivity index (χ2v) is 5.23. The van der Waals surface area contributed by atoms with E-state index < -0.39 is 0 Å². The molecule has 0 heterocycles. The molecule has 0 N–H and O–H groups in total. The van der Waals surface area contributed by atoms with E-state index in [0.717, 1.165) is 36.1 Å². The van der Waals surface area contributed by atoms with Gasteiger partial charge in [0.1, 0.15) is 12.6 Å². The molecule has 1 amide bonds. The van der Waals surface area contributed by atoms with Gasteiger partial charge in [-0.1, -0.05) is 51.1 Å². The van der Waals surface area contributed by atoms with E-state index in [1.54, 1.807) is 4.90 Å². The Morgan fingerprint density at radius 2 is 1.82 bits per heavy atom. The first-order valence-corrected chi connectivity index (χ1v) is 8.42. The van der Waals surface area contributed by atoms with Gasteiger partial charge in [0.25, 0.3) is 0 Å². The number of alkyl halides is 1. The number of ether oxygens (including phenoxy) is 1. The van der Waals surface area contributed by atoms with Crippen molar-refractivity contribution in [3.8, 4) is 0 Å². The number of para-hydroxylation sites is 1. The van der Waals surface area contributed by atoms with Crippen LogP contribution in [0.2, 0.25) is 0 Å². The lowest BCUT2D eigenvalue weighted by molar-refractivity contribution is -0.117. The fraction of sp³-hybridized carbons (Fsp3) is 0.500. The summed E-state index contributed by atoms with van der Waals surface area (Å²) in [6.45, 7) is 6.98. The quantitative estimate of drug-likeness (QED) is 0.293. The molecular formula is C18H26ClNO2. The van der Waals surface area contributed by atoms with Gasteiger partial charge in [0.05, 0.1) is 12.3 Å². The van der Waals surface area contributed by atoms with Crippen LogP contribution in [0, 0.1) is 0 Å². The first-order chi connectivity index (χ1) is 10.7. The molecule has 0 spiro atoms. The standard InChI is InChI=1S/C18H26ClNO2/c1-4-7-8-12-22-14-20(17(21)13-19)18-15(5-2)10-9-11-16(18)6-3/h7-11H,4-6,12-14H2,1-3H3. The summed E-state index contributed by atoms with van der Waals surface area (Å²) in [6.07, 6.45) is 6.73. The second kappa shape index (κ2) is 10.4. The number of halogens is 1. The smallest absolute Gasteiger partial charge is 0.243 e. The summed E-state index contributed by atoms with van der Waals surface area (Å²) in [7, 11) is 0. The summed E-state index contributed by atoms with van der Waals surface area (Å²) in [6, 6.07) is 6.15. The molecule has 1 aromatic rings. The van der Waals surface area contributed by atoms with Crippen LogP contribution < -0.4 is 4.90 Å². The topological polar surface area (TPSA) is 29.5 Å². The minimum atomic E-state index is -0.128. The van der Waals surface area contributed by atoms with Crippen molar-refractivity contribution in [1.82, 2.24) is 0 Å². The molecule has 3 nitrogen and oxygen atoms in total. The minimum absolute atomic E-state index is 0.0463. The highest BCUT2D eigenvalue weighted by Gasteiger charge is 2.20. The van der Waals surface area contributed by atoms with Gasteiger partial charge in [-0.25, -0.2) is 0 Å². The van der Waals surface area contributed by atoms with Crippen LogP contribution in [0.3, 0.4) is 0 Å². The van der Waals surface area contributed by atoms with Crippen LogP contribution in [0.4, 0.5) is 5.69 Å². The third-order valence-corrected chi connectivity index (χ3v) is 3.72. The van der Waals surface area contributed by atoms with Crippen LogP contribution in [0.15, 0.2) is 30.4 Å². The van der Waals surface area contributed by atoms with E-state index in [1.807, 2.05) is 18.2 Å². The normalized spacial score (nSPS) is 11.1. The van der Waals surface area contributed by atoms with E-state index in [1.165, 1.54) is 0 Å². The number of carbonyl (C=O) groups excluding carboxylic acids is 1. The summed E-state index contributed by atoms with van der Waals surface area (Å²) in [5.41, 5.74) is 3.24. The summed E-state index contributed by atoms with van der Waals surface area (Å²) < 4.78 is 5.63. The highest BCUT2D eigenvalue weighted by Crippen LogP contribution is 2.27. The number of hydrogen-bond acceptors (Lipinski definition) is 2. The number of aryl methyl sites for hydroxylation is 2. The third-order valence-electron chi connectivity index (χ3n) is 3.49. The van der Waals surface area contributed by atoms with Crippen molar-refractivity contribution >= 4 is 23.2 Å². The largest absolute Gasteiger partial charge is 0.357 e. The Hall–Kier alpha value is -1.32. The zero-order valence-corrected chi connectivity index (χ0v) is 14.5. The predicted molar refractivity (Wildman–Crippen MR) is 93.7 cm³/mol. The van der Waals surface area contributed by atoms with E-state index in [0.29, 0.717) is 6.61 Å². The van der Waals surface area contributed by atoms with Crippen molar-refractivity contribution in [2.75, 3.05) is 24.1 Å². The SMILES string of the molecule is CCC=CCOCN(C(=O)CCl)c1c(CC)cccc1CC. The molecule has 122 valence electrons. The fourth-order valence-electron chi connectivity index (χ4n) is 2.34. The van der Waals surface area contributed by atoms with Crippen LogP contribution in [0.25, 0.3) is 0 Å². The second-order valence-electron chi connectivity index (χ2n) is 4.97. The molecule has 22 heavy (non-hydrogen) atoms. The zero-order valence-electron chi connectivity index (χ0n) is 13.8. The number of benzene rings is 1. The molecule has 0 aliphatic heterocycles. The van der Waals surface area contributed by atoms with E-state index in [2.05, 4.69) is 32.9 Å². The van der Waals surface area contributed by atoms with Crippen molar-refractivity contribution < 1.29 is 9.53 Å². The summed E-state index contributed by atoms with van der Waals surface area (Å²) in [5.74, 6) is -0.174. The highest BCUT2D eigenvalue weighted by molar-refractivity contribution is 6.29. The van der Waals surface area contributed by atoms with Gasteiger partial charge in [0.15, 0.2) is 0 Å². The summed E-state index contributed by atoms with van der Waals surface area (Å²) in [4.78, 5) is 13.9. The maximum Gasteiger partial charge on any atom is 0.243 e. The van der Waals surface area contributed by atoms with Gasteiger partial charge in [0, 0.05) is 0 Å². The minimum Gasteiger partial charge on any atom is -0.357 e. The zero-order chi connectivity index (χ0) is 16.4. The van der Waals surface area contributed by atoms with Gasteiger partial charge in [-0.3, -0.25) is 9.69 Å². The molecule has 0 saturated heterocycles. The van der Waals surface area contributed by atoms with E-state index >= 15 is 0 Å². The first-order valence-electron chi connectivity index (χ1n) is 7.89. The predicted octanol–water partition coefficient (Wildman–Crippen LogP) is 4.32. The van der Waals surface area contributed by atoms with Crippen LogP contribution in [0.1, 0.15) is 38.3 Å². The van der Waals surface area contributed by atoms with Crippen LogP contribution in [0.5, 0.6) is 0 Å². The molecular weight excluding hydrogens is 298 g/mol. The fourth-order valence-corrected chi connectivity index (χ4v) is 2.49. The molecule has 0 bridgehead atoms. The number of nitrogens with zero attached hydrogens (tertiary/aromatic N) is 1. The van der Waals surface area contributed by atoms with Crippen molar-refractivity contribution in [3.63, 3.8) is 0 Å². The molecule has 1 rings (SSSR count). The molecule has 0 aliphatic rings. The maximum absolute atomic E-state index is 12.3. The van der Waals surface area contributed by atoms with Crippen molar-refractivity contribution in [2.45, 2.75) is 40.0 Å². The average molecular weight is 324 g/mol. The Labute approximate surface area is 138 Å². The van der Waals surface area contributed by atoms with Crippen LogP contribution in [-0.4, -0.2) is 25.1 Å². The van der Waals surface area contributed by atoms with E-state index in [-0.39, 0.29) is 18.5 Å². The number of anilines is 1. The monoisotopic (exact) mass is 323 g/mol. The molecule has 0 fully saturated rings. The Balaban J connectivity index is 3.01. The van der Waals surface area contributed by atoms with Crippen LogP contribution in [-0.2, 0) is 22.4 Å². The van der Waals surface area contributed by atoms with Gasteiger partial charge >= 0.3 is 0 Å². The third kappa shape index (κ3) is 5.15.